The summed E-state index contributed by atoms with van der Waals surface area (Å²) in [5, 5.41) is 0. The highest BCUT2D eigenvalue weighted by molar-refractivity contribution is 5.54. The molecule has 18 heavy (non-hydrogen) atoms. The third kappa shape index (κ3) is 2.34. The topological polar surface area (TPSA) is 69.6 Å². The van der Waals surface area contributed by atoms with Gasteiger partial charge in [-0.15, -0.1) is 0 Å². The molecule has 0 fully saturated rings. The number of hydrogen-bond donors (Lipinski definition) is 1. The minimum atomic E-state index is -0.131. The Morgan fingerprint density at radius 3 is 2.61 bits per heavy atom. The first-order valence-corrected chi connectivity index (χ1v) is 6.08. The summed E-state index contributed by atoms with van der Waals surface area (Å²) in [5.74, 6) is 2.05. The average molecular weight is 245 g/mol. The highest BCUT2D eigenvalue weighted by Crippen LogP contribution is 2.23. The Bertz CT molecular complexity index is 551. The molecule has 2 N–H and O–H groups in total. The van der Waals surface area contributed by atoms with Crippen molar-refractivity contribution in [1.82, 2.24) is 19.5 Å². The molecule has 96 valence electrons. The van der Waals surface area contributed by atoms with Crippen molar-refractivity contribution in [3.05, 3.63) is 24.3 Å². The van der Waals surface area contributed by atoms with E-state index in [0.29, 0.717) is 5.82 Å². The molecule has 2 aromatic rings. The average Bonchev–Trinajstić information content (AvgIpc) is 2.74. The van der Waals surface area contributed by atoms with Crippen molar-refractivity contribution in [3.63, 3.8) is 0 Å². The van der Waals surface area contributed by atoms with E-state index in [1.807, 2.05) is 10.8 Å². The molecule has 0 amide bonds. The molecule has 0 atom stereocenters. The third-order valence-electron chi connectivity index (χ3n) is 2.70. The lowest BCUT2D eigenvalue weighted by atomic mass is 9.95. The Kier molecular flexibility index (Phi) is 3.07. The molecule has 5 heteroatoms. The van der Waals surface area contributed by atoms with Gasteiger partial charge in [-0.25, -0.2) is 15.0 Å². The van der Waals surface area contributed by atoms with E-state index in [4.69, 9.17) is 5.73 Å². The maximum atomic E-state index is 5.87. The minimum absolute atomic E-state index is 0.131. The van der Waals surface area contributed by atoms with Gasteiger partial charge in [-0.05, 0) is 6.92 Å². The van der Waals surface area contributed by atoms with Crippen LogP contribution in [0.15, 0.2) is 18.5 Å². The number of nitrogens with two attached hydrogens (primary N) is 1. The van der Waals surface area contributed by atoms with E-state index in [2.05, 4.69) is 42.6 Å². The van der Waals surface area contributed by atoms with Crippen molar-refractivity contribution >= 4 is 5.82 Å². The van der Waals surface area contributed by atoms with Crippen molar-refractivity contribution in [1.29, 1.82) is 0 Å². The molecule has 0 aliphatic heterocycles. The number of aromatic nitrogens is 4. The Balaban J connectivity index is 2.56. The van der Waals surface area contributed by atoms with E-state index >= 15 is 0 Å². The molecule has 2 aromatic heterocycles. The number of nitrogens with zero attached hydrogens (tertiary/aromatic N) is 4. The summed E-state index contributed by atoms with van der Waals surface area (Å²) in [5.41, 5.74) is 6.51. The fourth-order valence-electron chi connectivity index (χ4n) is 1.71. The Morgan fingerprint density at radius 2 is 2.00 bits per heavy atom. The summed E-state index contributed by atoms with van der Waals surface area (Å²) in [6.45, 7) is 9.12. The van der Waals surface area contributed by atoms with Crippen LogP contribution in [0.2, 0.25) is 0 Å². The second-order valence-electron chi connectivity index (χ2n) is 5.29. The van der Waals surface area contributed by atoms with E-state index in [-0.39, 0.29) is 5.41 Å². The second kappa shape index (κ2) is 4.40. The quantitative estimate of drug-likeness (QED) is 0.881. The number of nitrogen functional groups attached to an aromatic ring is 1. The lowest BCUT2D eigenvalue weighted by Crippen LogP contribution is -2.17. The van der Waals surface area contributed by atoms with Crippen LogP contribution in [0.3, 0.4) is 0 Å². The molecular formula is C13H19N5. The fraction of sp³-hybridized carbons (Fsp3) is 0.462. The van der Waals surface area contributed by atoms with Gasteiger partial charge < -0.3 is 10.3 Å². The van der Waals surface area contributed by atoms with Crippen molar-refractivity contribution in [2.75, 3.05) is 5.73 Å². The van der Waals surface area contributed by atoms with Crippen molar-refractivity contribution in [3.8, 4) is 11.5 Å². The van der Waals surface area contributed by atoms with Gasteiger partial charge in [0, 0.05) is 30.4 Å². The summed E-state index contributed by atoms with van der Waals surface area (Å²) < 4.78 is 2.04. The van der Waals surface area contributed by atoms with Gasteiger partial charge in [0.2, 0.25) is 0 Å². The zero-order valence-corrected chi connectivity index (χ0v) is 11.3. The maximum absolute atomic E-state index is 5.87. The zero-order chi connectivity index (χ0) is 13.3. The number of aryl methyl sites for hydroxylation is 1. The summed E-state index contributed by atoms with van der Waals surface area (Å²) in [6, 6.07) is 1.77. The van der Waals surface area contributed by atoms with Gasteiger partial charge in [0.1, 0.15) is 17.3 Å². The van der Waals surface area contributed by atoms with Gasteiger partial charge >= 0.3 is 0 Å². The summed E-state index contributed by atoms with van der Waals surface area (Å²) >= 11 is 0. The maximum Gasteiger partial charge on any atom is 0.158 e. The predicted molar refractivity (Wildman–Crippen MR) is 72.0 cm³/mol. The number of rotatable bonds is 2. The van der Waals surface area contributed by atoms with Crippen molar-refractivity contribution in [2.45, 2.75) is 39.7 Å². The zero-order valence-electron chi connectivity index (χ0n) is 11.3. The molecule has 0 aromatic carbocycles. The molecule has 2 rings (SSSR count). The molecule has 5 nitrogen and oxygen atoms in total. The first kappa shape index (κ1) is 12.5. The Labute approximate surface area is 107 Å². The molecule has 0 aliphatic carbocycles. The highest BCUT2D eigenvalue weighted by Gasteiger charge is 2.20. The Hall–Kier alpha value is -1.91. The van der Waals surface area contributed by atoms with Gasteiger partial charge in [-0.2, -0.15) is 0 Å². The van der Waals surface area contributed by atoms with E-state index < -0.39 is 0 Å². The van der Waals surface area contributed by atoms with Gasteiger partial charge in [0.05, 0.1) is 0 Å². The summed E-state index contributed by atoms with van der Waals surface area (Å²) in [6.07, 6.45) is 3.71. The molecule has 0 aliphatic rings. The lowest BCUT2D eigenvalue weighted by molar-refractivity contribution is 0.546. The molecule has 0 radical (unpaired) electrons. The summed E-state index contributed by atoms with van der Waals surface area (Å²) in [7, 11) is 0. The largest absolute Gasteiger partial charge is 0.384 e. The highest BCUT2D eigenvalue weighted by atomic mass is 15.1. The number of imidazole rings is 1. The fourth-order valence-corrected chi connectivity index (χ4v) is 1.71. The van der Waals surface area contributed by atoms with Crippen LogP contribution in [0.5, 0.6) is 0 Å². The smallest absolute Gasteiger partial charge is 0.158 e. The van der Waals surface area contributed by atoms with Crippen LogP contribution >= 0.6 is 0 Å². The van der Waals surface area contributed by atoms with Crippen LogP contribution in [-0.2, 0) is 12.0 Å². The molecule has 0 saturated carbocycles. The van der Waals surface area contributed by atoms with Crippen LogP contribution in [0.1, 0.15) is 33.5 Å². The molecule has 0 saturated heterocycles. The predicted octanol–water partition coefficient (Wildman–Crippen LogP) is 2.24. The SMILES string of the molecule is CCn1ccnc1-c1cc(N)nc(C(C)(C)C)n1. The van der Waals surface area contributed by atoms with E-state index in [9.17, 15) is 0 Å². The molecule has 0 spiro atoms. The van der Waals surface area contributed by atoms with Crippen molar-refractivity contribution < 1.29 is 0 Å². The molecule has 0 bridgehead atoms. The molecular weight excluding hydrogens is 226 g/mol. The van der Waals surface area contributed by atoms with Crippen LogP contribution in [0, 0.1) is 0 Å². The molecule has 0 unspecified atom stereocenters. The number of anilines is 1. The first-order chi connectivity index (χ1) is 8.41. The second-order valence-corrected chi connectivity index (χ2v) is 5.29. The molecule has 2 heterocycles. The van der Waals surface area contributed by atoms with Crippen LogP contribution in [0.4, 0.5) is 5.82 Å². The summed E-state index contributed by atoms with van der Waals surface area (Å²) in [4.78, 5) is 13.2. The van der Waals surface area contributed by atoms with Crippen molar-refractivity contribution in [2.24, 2.45) is 0 Å². The lowest BCUT2D eigenvalue weighted by Gasteiger charge is -2.17. The normalized spacial score (nSPS) is 11.8. The van der Waals surface area contributed by atoms with Crippen LogP contribution in [0.25, 0.3) is 11.5 Å². The first-order valence-electron chi connectivity index (χ1n) is 6.08. The van der Waals surface area contributed by atoms with E-state index in [1.165, 1.54) is 0 Å². The number of hydrogen-bond acceptors (Lipinski definition) is 4. The van der Waals surface area contributed by atoms with Gasteiger partial charge in [-0.1, -0.05) is 20.8 Å². The van der Waals surface area contributed by atoms with E-state index in [1.54, 1.807) is 12.3 Å². The van der Waals surface area contributed by atoms with Crippen LogP contribution in [-0.4, -0.2) is 19.5 Å². The standard InChI is InChI=1S/C13H19N5/c1-5-18-7-6-15-11(18)9-8-10(14)17-12(16-9)13(2,3)4/h6-8H,5H2,1-4H3,(H2,14,16,17). The Morgan fingerprint density at radius 1 is 1.28 bits per heavy atom. The monoisotopic (exact) mass is 245 g/mol. The van der Waals surface area contributed by atoms with E-state index in [0.717, 1.165) is 23.9 Å². The van der Waals surface area contributed by atoms with Gasteiger partial charge in [0.15, 0.2) is 5.82 Å². The van der Waals surface area contributed by atoms with Gasteiger partial charge in [0.25, 0.3) is 0 Å². The minimum Gasteiger partial charge on any atom is -0.384 e. The van der Waals surface area contributed by atoms with Gasteiger partial charge in [-0.3, -0.25) is 0 Å². The van der Waals surface area contributed by atoms with Crippen LogP contribution < -0.4 is 5.73 Å². The third-order valence-corrected chi connectivity index (χ3v) is 2.70.